The van der Waals surface area contributed by atoms with Gasteiger partial charge in [0.05, 0.1) is 5.92 Å². The SMILES string of the molecule is O=C1CC(C(=O)Nc2nnc(CCc3ccccc3)s2)C2CCCCC2N1. The van der Waals surface area contributed by atoms with Crippen molar-refractivity contribution in [2.75, 3.05) is 5.32 Å². The van der Waals surface area contributed by atoms with Crippen LogP contribution in [0.15, 0.2) is 30.3 Å². The molecule has 2 N–H and O–H groups in total. The van der Waals surface area contributed by atoms with Crippen LogP contribution in [-0.4, -0.2) is 28.1 Å². The summed E-state index contributed by atoms with van der Waals surface area (Å²) in [4.78, 5) is 24.8. The van der Waals surface area contributed by atoms with Crippen LogP contribution < -0.4 is 10.6 Å². The Bertz CT molecular complexity index is 807. The molecule has 0 bridgehead atoms. The number of benzene rings is 1. The number of hydrogen-bond acceptors (Lipinski definition) is 5. The van der Waals surface area contributed by atoms with Gasteiger partial charge in [-0.3, -0.25) is 9.59 Å². The second kappa shape index (κ2) is 8.17. The van der Waals surface area contributed by atoms with Crippen LogP contribution in [0.3, 0.4) is 0 Å². The lowest BCUT2D eigenvalue weighted by Crippen LogP contribution is -2.53. The van der Waals surface area contributed by atoms with E-state index < -0.39 is 0 Å². The Hall–Kier alpha value is -2.28. The van der Waals surface area contributed by atoms with E-state index in [0.29, 0.717) is 5.13 Å². The molecule has 1 aromatic heterocycles. The minimum atomic E-state index is -0.263. The van der Waals surface area contributed by atoms with Crippen LogP contribution in [0.25, 0.3) is 0 Å². The van der Waals surface area contributed by atoms with Crippen LogP contribution in [0.2, 0.25) is 0 Å². The Morgan fingerprint density at radius 2 is 1.96 bits per heavy atom. The van der Waals surface area contributed by atoms with Gasteiger partial charge < -0.3 is 10.6 Å². The molecule has 7 heteroatoms. The molecule has 2 aromatic rings. The second-order valence-electron chi connectivity index (χ2n) is 7.41. The molecule has 1 saturated heterocycles. The van der Waals surface area contributed by atoms with E-state index in [9.17, 15) is 9.59 Å². The summed E-state index contributed by atoms with van der Waals surface area (Å²) in [5.74, 6) is -0.130. The van der Waals surface area contributed by atoms with E-state index in [2.05, 4.69) is 33.0 Å². The number of amides is 2. The van der Waals surface area contributed by atoms with Gasteiger partial charge in [0.1, 0.15) is 5.01 Å². The number of fused-ring (bicyclic) bond motifs is 1. The standard InChI is InChI=1S/C20H24N4O2S/c25-17-12-15(14-8-4-5-9-16(14)21-17)19(26)22-20-24-23-18(27-20)11-10-13-6-2-1-3-7-13/h1-3,6-7,14-16H,4-5,8-12H2,(H,21,25)(H,22,24,26). The molecule has 0 spiro atoms. The highest BCUT2D eigenvalue weighted by molar-refractivity contribution is 7.15. The van der Waals surface area contributed by atoms with Gasteiger partial charge >= 0.3 is 0 Å². The molecule has 2 fully saturated rings. The van der Waals surface area contributed by atoms with Crippen LogP contribution >= 0.6 is 11.3 Å². The summed E-state index contributed by atoms with van der Waals surface area (Å²) < 4.78 is 0. The summed E-state index contributed by atoms with van der Waals surface area (Å²) in [6, 6.07) is 10.4. The molecule has 6 nitrogen and oxygen atoms in total. The Labute approximate surface area is 162 Å². The number of carbonyl (C=O) groups excluding carboxylic acids is 2. The number of nitrogens with one attached hydrogen (secondary N) is 2. The molecule has 1 aliphatic carbocycles. The van der Waals surface area contributed by atoms with Crippen LogP contribution in [0, 0.1) is 11.8 Å². The average Bonchev–Trinajstić information content (AvgIpc) is 3.13. The Balaban J connectivity index is 1.36. The molecule has 2 amide bonds. The van der Waals surface area contributed by atoms with Gasteiger partial charge in [-0.25, -0.2) is 0 Å². The predicted molar refractivity (Wildman–Crippen MR) is 104 cm³/mol. The third-order valence-electron chi connectivity index (χ3n) is 5.59. The third-order valence-corrected chi connectivity index (χ3v) is 6.49. The van der Waals surface area contributed by atoms with Crippen molar-refractivity contribution in [3.05, 3.63) is 40.9 Å². The summed E-state index contributed by atoms with van der Waals surface area (Å²) in [7, 11) is 0. The maximum Gasteiger partial charge on any atom is 0.230 e. The molecule has 142 valence electrons. The first-order valence-electron chi connectivity index (χ1n) is 9.65. The molecule has 2 aliphatic rings. The molecular weight excluding hydrogens is 360 g/mol. The maximum atomic E-state index is 12.8. The lowest BCUT2D eigenvalue weighted by molar-refractivity contribution is -0.134. The first kappa shape index (κ1) is 18.1. The minimum absolute atomic E-state index is 0.0147. The summed E-state index contributed by atoms with van der Waals surface area (Å²) in [5.41, 5.74) is 1.26. The van der Waals surface area contributed by atoms with Gasteiger partial charge in [0.25, 0.3) is 0 Å². The first-order chi connectivity index (χ1) is 13.2. The topological polar surface area (TPSA) is 84.0 Å². The van der Waals surface area contributed by atoms with Crippen LogP contribution in [0.4, 0.5) is 5.13 Å². The highest BCUT2D eigenvalue weighted by Gasteiger charge is 2.41. The smallest absolute Gasteiger partial charge is 0.230 e. The van der Waals surface area contributed by atoms with E-state index in [-0.39, 0.29) is 36.1 Å². The van der Waals surface area contributed by atoms with Crippen molar-refractivity contribution >= 4 is 28.3 Å². The Morgan fingerprint density at radius 3 is 2.81 bits per heavy atom. The van der Waals surface area contributed by atoms with E-state index in [0.717, 1.165) is 43.5 Å². The number of aryl methyl sites for hydroxylation is 2. The fourth-order valence-corrected chi connectivity index (χ4v) is 4.97. The maximum absolute atomic E-state index is 12.8. The lowest BCUT2D eigenvalue weighted by Gasteiger charge is -2.40. The zero-order chi connectivity index (χ0) is 18.6. The van der Waals surface area contributed by atoms with Gasteiger partial charge in [0, 0.05) is 18.9 Å². The van der Waals surface area contributed by atoms with E-state index in [1.54, 1.807) is 0 Å². The van der Waals surface area contributed by atoms with Gasteiger partial charge in [-0.1, -0.05) is 54.5 Å². The Kier molecular flexibility index (Phi) is 5.48. The zero-order valence-electron chi connectivity index (χ0n) is 15.2. The largest absolute Gasteiger partial charge is 0.353 e. The van der Waals surface area contributed by atoms with E-state index in [4.69, 9.17) is 0 Å². The van der Waals surface area contributed by atoms with E-state index >= 15 is 0 Å². The summed E-state index contributed by atoms with van der Waals surface area (Å²) >= 11 is 1.42. The molecule has 1 aromatic carbocycles. The number of hydrogen-bond donors (Lipinski definition) is 2. The van der Waals surface area contributed by atoms with Crippen molar-refractivity contribution in [2.45, 2.75) is 51.0 Å². The van der Waals surface area contributed by atoms with Gasteiger partial charge in [0.2, 0.25) is 16.9 Å². The Morgan fingerprint density at radius 1 is 1.15 bits per heavy atom. The molecule has 0 radical (unpaired) electrons. The fraction of sp³-hybridized carbons (Fsp3) is 0.500. The van der Waals surface area contributed by atoms with Gasteiger partial charge in [-0.2, -0.15) is 0 Å². The molecule has 4 rings (SSSR count). The average molecular weight is 385 g/mol. The molecule has 1 aliphatic heterocycles. The van der Waals surface area contributed by atoms with Gasteiger partial charge in [-0.15, -0.1) is 10.2 Å². The summed E-state index contributed by atoms with van der Waals surface area (Å²) in [6.07, 6.45) is 6.20. The van der Waals surface area contributed by atoms with Crippen molar-refractivity contribution in [1.82, 2.24) is 15.5 Å². The quantitative estimate of drug-likeness (QED) is 0.830. The molecule has 3 atom stereocenters. The number of nitrogens with zero attached hydrogens (tertiary/aromatic N) is 2. The second-order valence-corrected chi connectivity index (χ2v) is 8.47. The van der Waals surface area contributed by atoms with Crippen molar-refractivity contribution in [3.63, 3.8) is 0 Å². The monoisotopic (exact) mass is 384 g/mol. The predicted octanol–water partition coefficient (Wildman–Crippen LogP) is 2.96. The van der Waals surface area contributed by atoms with Crippen LogP contribution in [-0.2, 0) is 22.4 Å². The minimum Gasteiger partial charge on any atom is -0.353 e. The number of piperidine rings is 1. The molecular formula is C20H24N4O2S. The van der Waals surface area contributed by atoms with Gasteiger partial charge in [-0.05, 0) is 30.7 Å². The number of anilines is 1. The van der Waals surface area contributed by atoms with Crippen LogP contribution in [0.5, 0.6) is 0 Å². The summed E-state index contributed by atoms with van der Waals surface area (Å²) in [6.45, 7) is 0. The normalized spacial score (nSPS) is 24.7. The van der Waals surface area contributed by atoms with Crippen molar-refractivity contribution in [2.24, 2.45) is 11.8 Å². The number of carbonyl (C=O) groups is 2. The first-order valence-corrected chi connectivity index (χ1v) is 10.5. The van der Waals surface area contributed by atoms with Crippen molar-refractivity contribution in [3.8, 4) is 0 Å². The number of rotatable bonds is 5. The van der Waals surface area contributed by atoms with Crippen molar-refractivity contribution in [1.29, 1.82) is 0 Å². The highest BCUT2D eigenvalue weighted by atomic mass is 32.1. The molecule has 2 heterocycles. The van der Waals surface area contributed by atoms with Crippen molar-refractivity contribution < 1.29 is 9.59 Å². The molecule has 1 saturated carbocycles. The van der Waals surface area contributed by atoms with E-state index in [1.165, 1.54) is 16.9 Å². The zero-order valence-corrected chi connectivity index (χ0v) is 16.0. The van der Waals surface area contributed by atoms with E-state index in [1.807, 2.05) is 18.2 Å². The molecule has 3 unspecified atom stereocenters. The lowest BCUT2D eigenvalue weighted by atomic mass is 9.72. The highest BCUT2D eigenvalue weighted by Crippen LogP contribution is 2.36. The third kappa shape index (κ3) is 4.35. The van der Waals surface area contributed by atoms with Gasteiger partial charge in [0.15, 0.2) is 0 Å². The fourth-order valence-electron chi connectivity index (χ4n) is 4.22. The summed E-state index contributed by atoms with van der Waals surface area (Å²) in [5, 5.41) is 15.7. The van der Waals surface area contributed by atoms with Crippen LogP contribution in [0.1, 0.15) is 42.7 Å². The number of aromatic nitrogens is 2. The molecule has 27 heavy (non-hydrogen) atoms.